The molecule has 0 aliphatic heterocycles. The molecule has 1 aromatic rings. The maximum Gasteiger partial charge on any atom is 0.303 e. The smallest absolute Gasteiger partial charge is 0.303 e. The number of benzene rings is 1. The van der Waals surface area contributed by atoms with Crippen LogP contribution in [0.3, 0.4) is 0 Å². The molecule has 15 heavy (non-hydrogen) atoms. The first-order valence-electron chi connectivity index (χ1n) is 5.46. The third-order valence-electron chi connectivity index (χ3n) is 2.36. The molecular weight excluding hydrogens is 188 g/mol. The standard InChI is InChI=1S/C13H17O2/c14-13(15)11-7-2-1-4-8-12-9-5-3-6-10-12/h3,5-6,9H,1-2,4,7-8,11H2,(H,14,15). The molecule has 1 N–H and O–H groups in total. The fourth-order valence-electron chi connectivity index (χ4n) is 1.53. The highest BCUT2D eigenvalue weighted by Crippen LogP contribution is 2.08. The quantitative estimate of drug-likeness (QED) is 0.694. The van der Waals surface area contributed by atoms with Crippen molar-refractivity contribution in [3.63, 3.8) is 0 Å². The van der Waals surface area contributed by atoms with E-state index in [1.54, 1.807) is 0 Å². The van der Waals surface area contributed by atoms with Gasteiger partial charge in [0.1, 0.15) is 0 Å². The largest absolute Gasteiger partial charge is 0.481 e. The van der Waals surface area contributed by atoms with Gasteiger partial charge in [0.05, 0.1) is 0 Å². The maximum absolute atomic E-state index is 10.2. The molecule has 2 heteroatoms. The molecular formula is C13H17O2. The highest BCUT2D eigenvalue weighted by atomic mass is 16.4. The Balaban J connectivity index is 2.00. The Morgan fingerprint density at radius 2 is 2.00 bits per heavy atom. The number of unbranched alkanes of at least 4 members (excludes halogenated alkanes) is 3. The second kappa shape index (κ2) is 7.04. The van der Waals surface area contributed by atoms with E-state index in [4.69, 9.17) is 5.11 Å². The molecule has 0 atom stereocenters. The summed E-state index contributed by atoms with van der Waals surface area (Å²) >= 11 is 0. The topological polar surface area (TPSA) is 37.3 Å². The Kier molecular flexibility index (Phi) is 5.52. The number of carbonyl (C=O) groups is 1. The lowest BCUT2D eigenvalue weighted by atomic mass is 10.1. The summed E-state index contributed by atoms with van der Waals surface area (Å²) in [5, 5.41) is 8.44. The predicted molar refractivity (Wildman–Crippen MR) is 59.7 cm³/mol. The molecule has 0 saturated heterocycles. The predicted octanol–water partition coefficient (Wildman–Crippen LogP) is 3.06. The normalized spacial score (nSPS) is 10.1. The van der Waals surface area contributed by atoms with Gasteiger partial charge < -0.3 is 5.11 Å². The van der Waals surface area contributed by atoms with Crippen LogP contribution in [0.5, 0.6) is 0 Å². The number of aryl methyl sites for hydroxylation is 1. The molecule has 0 unspecified atom stereocenters. The molecule has 0 bridgehead atoms. The lowest BCUT2D eigenvalue weighted by Gasteiger charge is -2.00. The molecule has 1 aromatic carbocycles. The van der Waals surface area contributed by atoms with E-state index in [2.05, 4.69) is 12.1 Å². The van der Waals surface area contributed by atoms with Gasteiger partial charge in [0.25, 0.3) is 0 Å². The zero-order valence-electron chi connectivity index (χ0n) is 8.91. The van der Waals surface area contributed by atoms with Crippen LogP contribution in [0.1, 0.15) is 37.7 Å². The van der Waals surface area contributed by atoms with Gasteiger partial charge in [-0.05, 0) is 30.9 Å². The van der Waals surface area contributed by atoms with Crippen LogP contribution in [0.4, 0.5) is 0 Å². The monoisotopic (exact) mass is 205 g/mol. The number of carboxylic acid groups (broad SMARTS) is 1. The first kappa shape index (κ1) is 11.8. The van der Waals surface area contributed by atoms with E-state index in [1.165, 1.54) is 5.56 Å². The number of carboxylic acids is 1. The minimum Gasteiger partial charge on any atom is -0.481 e. The molecule has 0 aliphatic rings. The molecule has 1 radical (unpaired) electrons. The van der Waals surface area contributed by atoms with Gasteiger partial charge in [0.15, 0.2) is 0 Å². The lowest BCUT2D eigenvalue weighted by molar-refractivity contribution is -0.137. The summed E-state index contributed by atoms with van der Waals surface area (Å²) in [4.78, 5) is 10.2. The Morgan fingerprint density at radius 1 is 1.20 bits per heavy atom. The third-order valence-corrected chi connectivity index (χ3v) is 2.36. The summed E-state index contributed by atoms with van der Waals surface area (Å²) in [6, 6.07) is 11.2. The molecule has 0 aliphatic carbocycles. The van der Waals surface area contributed by atoms with Gasteiger partial charge in [-0.15, -0.1) is 0 Å². The number of hydrogen-bond acceptors (Lipinski definition) is 1. The maximum atomic E-state index is 10.2. The fraction of sp³-hybridized carbons (Fsp3) is 0.462. The van der Waals surface area contributed by atoms with Crippen molar-refractivity contribution >= 4 is 5.97 Å². The van der Waals surface area contributed by atoms with E-state index in [9.17, 15) is 4.79 Å². The Morgan fingerprint density at radius 3 is 2.67 bits per heavy atom. The van der Waals surface area contributed by atoms with E-state index < -0.39 is 5.97 Å². The van der Waals surface area contributed by atoms with Gasteiger partial charge in [0.2, 0.25) is 0 Å². The Bertz CT molecular complexity index is 280. The first-order chi connectivity index (χ1) is 7.29. The average molecular weight is 205 g/mol. The van der Waals surface area contributed by atoms with E-state index >= 15 is 0 Å². The lowest BCUT2D eigenvalue weighted by Crippen LogP contribution is -1.93. The van der Waals surface area contributed by atoms with E-state index in [0.29, 0.717) is 6.42 Å². The summed E-state index contributed by atoms with van der Waals surface area (Å²) in [5.74, 6) is -0.689. The van der Waals surface area contributed by atoms with Gasteiger partial charge >= 0.3 is 5.97 Å². The minimum absolute atomic E-state index is 0.303. The second-order valence-corrected chi connectivity index (χ2v) is 3.70. The number of aliphatic carboxylic acids is 1. The zero-order valence-corrected chi connectivity index (χ0v) is 8.91. The van der Waals surface area contributed by atoms with Crippen LogP contribution >= 0.6 is 0 Å². The molecule has 0 spiro atoms. The molecule has 0 aromatic heterocycles. The van der Waals surface area contributed by atoms with Crippen molar-refractivity contribution in [2.24, 2.45) is 0 Å². The Hall–Kier alpha value is -1.31. The van der Waals surface area contributed by atoms with Gasteiger partial charge in [-0.1, -0.05) is 37.1 Å². The highest BCUT2D eigenvalue weighted by Gasteiger charge is 1.97. The zero-order chi connectivity index (χ0) is 10.9. The molecule has 0 fully saturated rings. The van der Waals surface area contributed by atoms with E-state index in [1.807, 2.05) is 18.2 Å². The van der Waals surface area contributed by atoms with Crippen molar-refractivity contribution in [1.82, 2.24) is 0 Å². The molecule has 0 amide bonds. The van der Waals surface area contributed by atoms with Crippen LogP contribution in [0.25, 0.3) is 0 Å². The van der Waals surface area contributed by atoms with Crippen molar-refractivity contribution in [2.75, 3.05) is 0 Å². The summed E-state index contributed by atoms with van der Waals surface area (Å²) in [5.41, 5.74) is 1.25. The van der Waals surface area contributed by atoms with Crippen molar-refractivity contribution in [1.29, 1.82) is 0 Å². The summed E-state index contributed by atoms with van der Waals surface area (Å²) < 4.78 is 0. The summed E-state index contributed by atoms with van der Waals surface area (Å²) in [7, 11) is 0. The molecule has 1 rings (SSSR count). The third kappa shape index (κ3) is 5.89. The van der Waals surface area contributed by atoms with E-state index in [0.717, 1.165) is 32.1 Å². The second-order valence-electron chi connectivity index (χ2n) is 3.70. The Labute approximate surface area is 90.9 Å². The van der Waals surface area contributed by atoms with Crippen LogP contribution < -0.4 is 0 Å². The van der Waals surface area contributed by atoms with Crippen molar-refractivity contribution in [3.05, 3.63) is 35.9 Å². The molecule has 0 saturated carbocycles. The SMILES string of the molecule is O=C(O)CCCCCCc1[c]cccc1. The minimum atomic E-state index is -0.689. The van der Waals surface area contributed by atoms with Gasteiger partial charge in [-0.2, -0.15) is 0 Å². The van der Waals surface area contributed by atoms with Gasteiger partial charge in [-0.3, -0.25) is 4.79 Å². The molecule has 0 heterocycles. The summed E-state index contributed by atoms with van der Waals surface area (Å²) in [6.45, 7) is 0. The van der Waals surface area contributed by atoms with Gasteiger partial charge in [0, 0.05) is 6.42 Å². The van der Waals surface area contributed by atoms with Gasteiger partial charge in [-0.25, -0.2) is 0 Å². The molecule has 2 nitrogen and oxygen atoms in total. The van der Waals surface area contributed by atoms with E-state index in [-0.39, 0.29) is 0 Å². The summed E-state index contributed by atoms with van der Waals surface area (Å²) in [6.07, 6.45) is 5.40. The van der Waals surface area contributed by atoms with Crippen LogP contribution in [-0.2, 0) is 11.2 Å². The number of hydrogen-bond donors (Lipinski definition) is 1. The first-order valence-corrected chi connectivity index (χ1v) is 5.46. The number of rotatable bonds is 7. The van der Waals surface area contributed by atoms with Crippen molar-refractivity contribution < 1.29 is 9.90 Å². The van der Waals surface area contributed by atoms with Crippen LogP contribution in [-0.4, -0.2) is 11.1 Å². The van der Waals surface area contributed by atoms with Crippen LogP contribution in [0, 0.1) is 6.07 Å². The van der Waals surface area contributed by atoms with Crippen molar-refractivity contribution in [2.45, 2.75) is 38.5 Å². The fourth-order valence-corrected chi connectivity index (χ4v) is 1.53. The van der Waals surface area contributed by atoms with Crippen LogP contribution in [0.15, 0.2) is 24.3 Å². The highest BCUT2D eigenvalue weighted by molar-refractivity contribution is 5.66. The average Bonchev–Trinajstić information content (AvgIpc) is 2.24. The molecule has 81 valence electrons. The van der Waals surface area contributed by atoms with Crippen molar-refractivity contribution in [3.8, 4) is 0 Å². The van der Waals surface area contributed by atoms with Crippen LogP contribution in [0.2, 0.25) is 0 Å².